The molecule has 0 bridgehead atoms. The van der Waals surface area contributed by atoms with Crippen molar-refractivity contribution < 1.29 is 19.1 Å². The molecular formula is C22H24N2O4. The van der Waals surface area contributed by atoms with E-state index < -0.39 is 18.5 Å². The highest BCUT2D eigenvalue weighted by Crippen LogP contribution is 2.27. The van der Waals surface area contributed by atoms with Gasteiger partial charge in [-0.3, -0.25) is 9.69 Å². The van der Waals surface area contributed by atoms with Crippen LogP contribution in [0.5, 0.6) is 5.75 Å². The molecule has 0 heterocycles. The second-order valence-electron chi connectivity index (χ2n) is 6.62. The molecule has 0 atom stereocenters. The van der Waals surface area contributed by atoms with Crippen molar-refractivity contribution in [2.24, 2.45) is 0 Å². The smallest absolute Gasteiger partial charge is 0.344 e. The van der Waals surface area contributed by atoms with Crippen LogP contribution in [-0.2, 0) is 14.3 Å². The van der Waals surface area contributed by atoms with Gasteiger partial charge < -0.3 is 9.47 Å². The summed E-state index contributed by atoms with van der Waals surface area (Å²) in [6.07, 6.45) is 0. The maximum absolute atomic E-state index is 12.4. The molecule has 2 rings (SSSR count). The molecule has 6 heteroatoms. The summed E-state index contributed by atoms with van der Waals surface area (Å²) in [7, 11) is 0. The largest absolute Gasteiger partial charge is 0.482 e. The van der Waals surface area contributed by atoms with E-state index in [2.05, 4.69) is 0 Å². The first kappa shape index (κ1) is 21.0. The van der Waals surface area contributed by atoms with Crippen molar-refractivity contribution in [3.63, 3.8) is 0 Å². The van der Waals surface area contributed by atoms with Crippen LogP contribution in [-0.4, -0.2) is 31.6 Å². The lowest BCUT2D eigenvalue weighted by Gasteiger charge is -2.19. The lowest BCUT2D eigenvalue weighted by molar-refractivity contribution is -0.149. The van der Waals surface area contributed by atoms with E-state index in [9.17, 15) is 9.59 Å². The van der Waals surface area contributed by atoms with Gasteiger partial charge in [-0.25, -0.2) is 4.79 Å². The number of hydrogen-bond donors (Lipinski definition) is 0. The number of carbonyl (C=O) groups excluding carboxylic acids is 2. The Kier molecular flexibility index (Phi) is 7.58. The number of benzene rings is 2. The summed E-state index contributed by atoms with van der Waals surface area (Å²) in [5.74, 6) is -0.235. The number of carbonyl (C=O) groups is 2. The molecule has 0 aliphatic carbocycles. The number of nitrogens with zero attached hydrogens (tertiary/aromatic N) is 2. The molecule has 6 nitrogen and oxygen atoms in total. The van der Waals surface area contributed by atoms with Crippen LogP contribution in [0, 0.1) is 18.3 Å². The zero-order valence-electron chi connectivity index (χ0n) is 16.3. The van der Waals surface area contributed by atoms with Crippen LogP contribution in [0.2, 0.25) is 0 Å². The molecule has 0 N–H and O–H groups in total. The highest BCUT2D eigenvalue weighted by atomic mass is 16.6. The quantitative estimate of drug-likeness (QED) is 0.516. The van der Waals surface area contributed by atoms with Crippen LogP contribution >= 0.6 is 0 Å². The van der Waals surface area contributed by atoms with Crippen molar-refractivity contribution in [1.82, 2.24) is 0 Å². The molecule has 0 spiro atoms. The number of amides is 1. The van der Waals surface area contributed by atoms with Crippen LogP contribution in [0.4, 0.5) is 5.69 Å². The highest BCUT2D eigenvalue weighted by molar-refractivity contribution is 5.95. The van der Waals surface area contributed by atoms with Crippen molar-refractivity contribution in [3.05, 3.63) is 59.7 Å². The van der Waals surface area contributed by atoms with E-state index in [-0.39, 0.29) is 19.1 Å². The van der Waals surface area contributed by atoms with E-state index in [0.29, 0.717) is 11.4 Å². The molecule has 2 aromatic rings. The van der Waals surface area contributed by atoms with Gasteiger partial charge in [-0.1, -0.05) is 44.2 Å². The Hall–Kier alpha value is -3.33. The summed E-state index contributed by atoms with van der Waals surface area (Å²) >= 11 is 0. The lowest BCUT2D eigenvalue weighted by atomic mass is 10.0. The monoisotopic (exact) mass is 380 g/mol. The third-order valence-electron chi connectivity index (χ3n) is 4.09. The lowest BCUT2D eigenvalue weighted by Crippen LogP contribution is -2.35. The van der Waals surface area contributed by atoms with Gasteiger partial charge in [-0.15, -0.1) is 0 Å². The summed E-state index contributed by atoms with van der Waals surface area (Å²) in [5.41, 5.74) is 2.60. The summed E-state index contributed by atoms with van der Waals surface area (Å²) in [4.78, 5) is 25.6. The van der Waals surface area contributed by atoms with E-state index in [1.165, 1.54) is 4.90 Å². The van der Waals surface area contributed by atoms with Gasteiger partial charge in [-0.2, -0.15) is 5.26 Å². The van der Waals surface area contributed by atoms with E-state index in [0.717, 1.165) is 11.1 Å². The Bertz CT molecular complexity index is 857. The van der Waals surface area contributed by atoms with Crippen molar-refractivity contribution in [2.75, 3.05) is 24.7 Å². The van der Waals surface area contributed by atoms with Gasteiger partial charge in [0.05, 0.1) is 6.07 Å². The molecule has 0 radical (unpaired) electrons. The van der Waals surface area contributed by atoms with Gasteiger partial charge >= 0.3 is 5.97 Å². The van der Waals surface area contributed by atoms with Gasteiger partial charge in [0.1, 0.15) is 12.3 Å². The van der Waals surface area contributed by atoms with E-state index >= 15 is 0 Å². The van der Waals surface area contributed by atoms with Gasteiger partial charge in [0.25, 0.3) is 5.91 Å². The maximum Gasteiger partial charge on any atom is 0.344 e. The first-order valence-electron chi connectivity index (χ1n) is 9.03. The number of anilines is 1. The highest BCUT2D eigenvalue weighted by Gasteiger charge is 2.18. The van der Waals surface area contributed by atoms with Gasteiger partial charge in [-0.05, 0) is 42.2 Å². The van der Waals surface area contributed by atoms with Gasteiger partial charge in [0, 0.05) is 5.69 Å². The minimum atomic E-state index is -0.644. The van der Waals surface area contributed by atoms with Crippen LogP contribution in [0.15, 0.2) is 48.5 Å². The normalized spacial score (nSPS) is 10.2. The van der Waals surface area contributed by atoms with Crippen molar-refractivity contribution in [1.29, 1.82) is 5.26 Å². The molecule has 0 aromatic heterocycles. The van der Waals surface area contributed by atoms with Crippen LogP contribution < -0.4 is 9.64 Å². The third-order valence-corrected chi connectivity index (χ3v) is 4.09. The molecular weight excluding hydrogens is 356 g/mol. The Labute approximate surface area is 165 Å². The topological polar surface area (TPSA) is 79.6 Å². The van der Waals surface area contributed by atoms with Crippen LogP contribution in [0.1, 0.15) is 30.9 Å². The average Bonchev–Trinajstić information content (AvgIpc) is 2.69. The second-order valence-corrected chi connectivity index (χ2v) is 6.62. The molecule has 0 saturated carbocycles. The predicted octanol–water partition coefficient (Wildman–Crippen LogP) is 3.60. The van der Waals surface area contributed by atoms with Gasteiger partial charge in [0.2, 0.25) is 0 Å². The number of hydrogen-bond acceptors (Lipinski definition) is 5. The summed E-state index contributed by atoms with van der Waals surface area (Å²) < 4.78 is 10.7. The Morgan fingerprint density at radius 2 is 1.82 bits per heavy atom. The molecule has 0 saturated heterocycles. The van der Waals surface area contributed by atoms with E-state index in [1.54, 1.807) is 24.3 Å². The molecule has 0 aliphatic rings. The fourth-order valence-corrected chi connectivity index (χ4v) is 2.64. The molecule has 28 heavy (non-hydrogen) atoms. The fraction of sp³-hybridized carbons (Fsp3) is 0.318. The second kappa shape index (κ2) is 10.1. The summed E-state index contributed by atoms with van der Waals surface area (Å²) in [5, 5.41) is 8.96. The van der Waals surface area contributed by atoms with Crippen molar-refractivity contribution >= 4 is 17.6 Å². The standard InChI is InChI=1S/C22H24N2O4/c1-16(2)19-10-9-17(3)13-20(19)27-15-22(26)28-14-21(25)24(12-11-23)18-7-5-4-6-8-18/h4-10,13,16H,12,14-15H2,1-3H3. The number of para-hydroxylation sites is 1. The first-order chi connectivity index (χ1) is 13.4. The van der Waals surface area contributed by atoms with Crippen LogP contribution in [0.25, 0.3) is 0 Å². The SMILES string of the molecule is Cc1ccc(C(C)C)c(OCC(=O)OCC(=O)N(CC#N)c2ccccc2)c1. The zero-order valence-corrected chi connectivity index (χ0v) is 16.3. The molecule has 1 amide bonds. The number of ether oxygens (including phenoxy) is 2. The molecule has 0 fully saturated rings. The van der Waals surface area contributed by atoms with Crippen molar-refractivity contribution in [3.8, 4) is 11.8 Å². The number of rotatable bonds is 8. The minimum absolute atomic E-state index is 0.127. The Morgan fingerprint density at radius 1 is 1.11 bits per heavy atom. The number of aryl methyl sites for hydroxylation is 1. The first-order valence-corrected chi connectivity index (χ1v) is 9.03. The Morgan fingerprint density at radius 3 is 2.46 bits per heavy atom. The number of nitriles is 1. The van der Waals surface area contributed by atoms with Crippen molar-refractivity contribution in [2.45, 2.75) is 26.7 Å². The molecule has 0 unspecified atom stereocenters. The molecule has 146 valence electrons. The maximum atomic E-state index is 12.4. The summed E-state index contributed by atoms with van der Waals surface area (Å²) in [6, 6.07) is 16.6. The minimum Gasteiger partial charge on any atom is -0.482 e. The van der Waals surface area contributed by atoms with Gasteiger partial charge in [0.15, 0.2) is 13.2 Å². The van der Waals surface area contributed by atoms with Crippen LogP contribution in [0.3, 0.4) is 0 Å². The fourth-order valence-electron chi connectivity index (χ4n) is 2.64. The summed E-state index contributed by atoms with van der Waals surface area (Å²) in [6.45, 7) is 5.16. The third kappa shape index (κ3) is 5.85. The number of esters is 1. The Balaban J connectivity index is 1.92. The zero-order chi connectivity index (χ0) is 20.5. The van der Waals surface area contributed by atoms with E-state index in [4.69, 9.17) is 14.7 Å². The molecule has 0 aliphatic heterocycles. The average molecular weight is 380 g/mol. The predicted molar refractivity (Wildman–Crippen MR) is 106 cm³/mol. The van der Waals surface area contributed by atoms with E-state index in [1.807, 2.05) is 51.1 Å². The molecule has 2 aromatic carbocycles.